The van der Waals surface area contributed by atoms with E-state index < -0.39 is 17.6 Å². The zero-order valence-corrected chi connectivity index (χ0v) is 16.6. The van der Waals surface area contributed by atoms with E-state index in [0.717, 1.165) is 11.8 Å². The minimum absolute atomic E-state index is 0.0342. The fourth-order valence-corrected chi connectivity index (χ4v) is 3.72. The zero-order chi connectivity index (χ0) is 22.2. The van der Waals surface area contributed by atoms with Crippen LogP contribution in [-0.4, -0.2) is 42.1 Å². The SMILES string of the molecule is Cc1onc(-c2ccccc2C(F)(F)F)c1C(=O)N1CCN(c2ccc(F)cc2)CC1. The van der Waals surface area contributed by atoms with Crippen LogP contribution in [0.1, 0.15) is 21.7 Å². The molecule has 0 saturated carbocycles. The van der Waals surface area contributed by atoms with E-state index in [1.165, 1.54) is 37.3 Å². The van der Waals surface area contributed by atoms with Gasteiger partial charge in [-0.1, -0.05) is 23.4 Å². The van der Waals surface area contributed by atoms with Gasteiger partial charge in [0.25, 0.3) is 5.91 Å². The van der Waals surface area contributed by atoms with Crippen molar-refractivity contribution in [3.05, 3.63) is 71.2 Å². The van der Waals surface area contributed by atoms with E-state index in [1.807, 2.05) is 4.90 Å². The monoisotopic (exact) mass is 433 g/mol. The average molecular weight is 433 g/mol. The van der Waals surface area contributed by atoms with Crippen molar-refractivity contribution in [3.8, 4) is 11.3 Å². The number of nitrogens with zero attached hydrogens (tertiary/aromatic N) is 3. The molecule has 4 rings (SSSR count). The highest BCUT2D eigenvalue weighted by molar-refractivity contribution is 6.01. The summed E-state index contributed by atoms with van der Waals surface area (Å²) in [5, 5.41) is 3.78. The van der Waals surface area contributed by atoms with Crippen molar-refractivity contribution in [1.29, 1.82) is 0 Å². The molecule has 1 aromatic heterocycles. The Morgan fingerprint density at radius 3 is 2.29 bits per heavy atom. The van der Waals surface area contributed by atoms with Gasteiger partial charge in [-0.2, -0.15) is 13.2 Å². The highest BCUT2D eigenvalue weighted by Gasteiger charge is 2.36. The van der Waals surface area contributed by atoms with Gasteiger partial charge in [-0.05, 0) is 37.3 Å². The molecule has 1 saturated heterocycles. The maximum atomic E-state index is 13.5. The molecule has 5 nitrogen and oxygen atoms in total. The third kappa shape index (κ3) is 4.12. The number of carbonyl (C=O) groups excluding carboxylic acids is 1. The zero-order valence-electron chi connectivity index (χ0n) is 16.6. The summed E-state index contributed by atoms with van der Waals surface area (Å²) in [6.45, 7) is 3.25. The van der Waals surface area contributed by atoms with Gasteiger partial charge in [-0.15, -0.1) is 0 Å². The first-order chi connectivity index (χ1) is 14.8. The summed E-state index contributed by atoms with van der Waals surface area (Å²) in [6.07, 6.45) is -4.59. The second kappa shape index (κ2) is 8.05. The predicted molar refractivity (Wildman–Crippen MR) is 106 cm³/mol. The first-order valence-corrected chi connectivity index (χ1v) is 9.68. The molecule has 0 spiro atoms. The Labute approximate surface area is 175 Å². The summed E-state index contributed by atoms with van der Waals surface area (Å²) in [7, 11) is 0. The molecule has 0 aliphatic carbocycles. The summed E-state index contributed by atoms with van der Waals surface area (Å²) in [5.74, 6) is -0.588. The Hall–Kier alpha value is -3.36. The predicted octanol–water partition coefficient (Wildman–Crippen LogP) is 4.77. The minimum atomic E-state index is -4.59. The number of rotatable bonds is 3. The van der Waals surface area contributed by atoms with Crippen LogP contribution in [0.4, 0.5) is 23.2 Å². The van der Waals surface area contributed by atoms with Gasteiger partial charge in [0.05, 0.1) is 5.56 Å². The van der Waals surface area contributed by atoms with Crippen LogP contribution in [0, 0.1) is 12.7 Å². The van der Waals surface area contributed by atoms with Crippen LogP contribution in [0.3, 0.4) is 0 Å². The van der Waals surface area contributed by atoms with E-state index in [1.54, 1.807) is 17.0 Å². The molecule has 31 heavy (non-hydrogen) atoms. The van der Waals surface area contributed by atoms with E-state index in [9.17, 15) is 22.4 Å². The van der Waals surface area contributed by atoms with Crippen LogP contribution in [0.15, 0.2) is 53.1 Å². The molecule has 1 aliphatic heterocycles. The van der Waals surface area contributed by atoms with Crippen molar-refractivity contribution >= 4 is 11.6 Å². The third-order valence-corrected chi connectivity index (χ3v) is 5.32. The lowest BCUT2D eigenvalue weighted by atomic mass is 9.99. The molecule has 0 atom stereocenters. The molecule has 2 aromatic carbocycles. The van der Waals surface area contributed by atoms with E-state index >= 15 is 0 Å². The van der Waals surface area contributed by atoms with Gasteiger partial charge < -0.3 is 14.3 Å². The second-order valence-electron chi connectivity index (χ2n) is 7.26. The number of hydrogen-bond donors (Lipinski definition) is 0. The maximum absolute atomic E-state index is 13.5. The van der Waals surface area contributed by atoms with Crippen molar-refractivity contribution < 1.29 is 26.9 Å². The molecule has 1 fully saturated rings. The molecule has 2 heterocycles. The van der Waals surface area contributed by atoms with Crippen LogP contribution in [0.25, 0.3) is 11.3 Å². The molecular formula is C22H19F4N3O2. The third-order valence-electron chi connectivity index (χ3n) is 5.32. The first kappa shape index (κ1) is 20.9. The van der Waals surface area contributed by atoms with E-state index in [4.69, 9.17) is 4.52 Å². The lowest BCUT2D eigenvalue weighted by molar-refractivity contribution is -0.137. The number of aryl methyl sites for hydroxylation is 1. The Morgan fingerprint density at radius 1 is 1.00 bits per heavy atom. The van der Waals surface area contributed by atoms with Crippen molar-refractivity contribution in [1.82, 2.24) is 10.1 Å². The number of carbonyl (C=O) groups is 1. The van der Waals surface area contributed by atoms with Crippen LogP contribution in [0.2, 0.25) is 0 Å². The standard InChI is InChI=1S/C22H19F4N3O2/c1-14-19(20(27-31-14)17-4-2-3-5-18(17)22(24,25)26)21(30)29-12-10-28(11-13-29)16-8-6-15(23)7-9-16/h2-9H,10-13H2,1H3. The van der Waals surface area contributed by atoms with Crippen LogP contribution in [-0.2, 0) is 6.18 Å². The van der Waals surface area contributed by atoms with Crippen LogP contribution < -0.4 is 4.90 Å². The van der Waals surface area contributed by atoms with Crippen molar-refractivity contribution in [2.45, 2.75) is 13.1 Å². The summed E-state index contributed by atoms with van der Waals surface area (Å²) >= 11 is 0. The Balaban J connectivity index is 1.58. The topological polar surface area (TPSA) is 49.6 Å². The molecule has 3 aromatic rings. The largest absolute Gasteiger partial charge is 0.417 e. The average Bonchev–Trinajstić information content (AvgIpc) is 3.14. The molecule has 0 radical (unpaired) electrons. The van der Waals surface area contributed by atoms with Gasteiger partial charge in [-0.3, -0.25) is 4.79 Å². The van der Waals surface area contributed by atoms with Crippen molar-refractivity contribution in [3.63, 3.8) is 0 Å². The molecule has 0 bridgehead atoms. The number of alkyl halides is 3. The molecule has 9 heteroatoms. The summed E-state index contributed by atoms with van der Waals surface area (Å²) in [4.78, 5) is 16.8. The second-order valence-corrected chi connectivity index (χ2v) is 7.26. The fourth-order valence-electron chi connectivity index (χ4n) is 3.72. The number of piperazine rings is 1. The van der Waals surface area contributed by atoms with Crippen molar-refractivity contribution in [2.24, 2.45) is 0 Å². The van der Waals surface area contributed by atoms with Gasteiger partial charge in [0, 0.05) is 37.4 Å². The van der Waals surface area contributed by atoms with Gasteiger partial charge in [0.1, 0.15) is 22.8 Å². The van der Waals surface area contributed by atoms with E-state index in [2.05, 4.69) is 5.16 Å². The van der Waals surface area contributed by atoms with Crippen LogP contribution in [0.5, 0.6) is 0 Å². The van der Waals surface area contributed by atoms with Gasteiger partial charge in [0.2, 0.25) is 0 Å². The highest BCUT2D eigenvalue weighted by Crippen LogP contribution is 2.38. The Morgan fingerprint density at radius 2 is 1.65 bits per heavy atom. The molecule has 162 valence electrons. The quantitative estimate of drug-likeness (QED) is 0.559. The summed E-state index contributed by atoms with van der Waals surface area (Å²) in [6, 6.07) is 11.1. The molecule has 1 aliphatic rings. The maximum Gasteiger partial charge on any atom is 0.417 e. The number of benzene rings is 2. The molecular weight excluding hydrogens is 414 g/mol. The summed E-state index contributed by atoms with van der Waals surface area (Å²) < 4.78 is 58.7. The minimum Gasteiger partial charge on any atom is -0.368 e. The smallest absolute Gasteiger partial charge is 0.368 e. The first-order valence-electron chi connectivity index (χ1n) is 9.68. The normalized spacial score (nSPS) is 14.7. The van der Waals surface area contributed by atoms with Gasteiger partial charge >= 0.3 is 6.18 Å². The number of hydrogen-bond acceptors (Lipinski definition) is 4. The molecule has 0 unspecified atom stereocenters. The van der Waals surface area contributed by atoms with Gasteiger partial charge in [-0.25, -0.2) is 4.39 Å². The molecule has 1 amide bonds. The van der Waals surface area contributed by atoms with Gasteiger partial charge in [0.15, 0.2) is 0 Å². The Kier molecular flexibility index (Phi) is 5.43. The fraction of sp³-hybridized carbons (Fsp3) is 0.273. The van der Waals surface area contributed by atoms with E-state index in [-0.39, 0.29) is 28.4 Å². The van der Waals surface area contributed by atoms with Crippen LogP contribution >= 0.6 is 0 Å². The number of halogens is 4. The number of anilines is 1. The Bertz CT molecular complexity index is 1080. The lowest BCUT2D eigenvalue weighted by Gasteiger charge is -2.36. The van der Waals surface area contributed by atoms with Crippen molar-refractivity contribution in [2.75, 3.05) is 31.1 Å². The number of aromatic nitrogens is 1. The number of amides is 1. The lowest BCUT2D eigenvalue weighted by Crippen LogP contribution is -2.49. The summed E-state index contributed by atoms with van der Waals surface area (Å²) in [5.41, 5.74) is -0.309. The van der Waals surface area contributed by atoms with E-state index in [0.29, 0.717) is 26.2 Å². The molecule has 0 N–H and O–H groups in total. The highest BCUT2D eigenvalue weighted by atomic mass is 19.4.